The number of carbonyl (C=O) groups excluding carboxylic acids is 1. The van der Waals surface area contributed by atoms with Crippen molar-refractivity contribution in [1.29, 1.82) is 0 Å². The van der Waals surface area contributed by atoms with Crippen LogP contribution < -0.4 is 10.6 Å². The van der Waals surface area contributed by atoms with Gasteiger partial charge in [0.15, 0.2) is 5.69 Å². The molecule has 1 aliphatic heterocycles. The molecule has 0 radical (unpaired) electrons. The van der Waals surface area contributed by atoms with E-state index in [1.807, 2.05) is 17.1 Å². The first-order valence-corrected chi connectivity index (χ1v) is 11.8. The fraction of sp³-hybridized carbons (Fsp3) is 0.238. The van der Waals surface area contributed by atoms with Crippen molar-refractivity contribution in [1.82, 2.24) is 20.2 Å². The maximum atomic E-state index is 12.8. The zero-order chi connectivity index (χ0) is 22.0. The van der Waals surface area contributed by atoms with Gasteiger partial charge in [-0.3, -0.25) is 10.2 Å². The molecule has 1 aliphatic rings. The number of benzene rings is 2. The first-order valence-electron chi connectivity index (χ1n) is 9.86. The van der Waals surface area contributed by atoms with E-state index in [1.165, 1.54) is 12.1 Å². The minimum atomic E-state index is -3.81. The number of hydrazine groups is 1. The Labute approximate surface area is 185 Å². The summed E-state index contributed by atoms with van der Waals surface area (Å²) >= 11 is 6.02. The average Bonchev–Trinajstić information content (AvgIpc) is 3.20. The SMILES string of the molecule is NS(=O)(=O)c1ccc(-n2nc(C(=O)NN3CCCCC3)cc2-c2ccc(Cl)cc2)cc1. The largest absolute Gasteiger partial charge is 0.286 e. The number of sulfonamides is 1. The zero-order valence-corrected chi connectivity index (χ0v) is 18.2. The van der Waals surface area contributed by atoms with E-state index >= 15 is 0 Å². The second-order valence-corrected chi connectivity index (χ2v) is 9.36. The second-order valence-electron chi connectivity index (χ2n) is 7.36. The van der Waals surface area contributed by atoms with E-state index in [-0.39, 0.29) is 16.5 Å². The number of amides is 1. The Bertz CT molecular complexity index is 1180. The fourth-order valence-electron chi connectivity index (χ4n) is 3.50. The number of piperidine rings is 1. The second kappa shape index (κ2) is 8.80. The van der Waals surface area contributed by atoms with E-state index in [4.69, 9.17) is 16.7 Å². The van der Waals surface area contributed by atoms with Crippen LogP contribution in [0.2, 0.25) is 5.02 Å². The standard InChI is InChI=1S/C21H22ClN5O3S/c22-16-6-4-15(5-7-16)20-14-19(21(28)25-26-12-2-1-3-13-26)24-27(20)17-8-10-18(11-9-17)31(23,29)30/h4-11,14H,1-3,12-13H2,(H,25,28)(H2,23,29,30). The maximum Gasteiger partial charge on any atom is 0.286 e. The van der Waals surface area contributed by atoms with Gasteiger partial charge in [0.2, 0.25) is 10.0 Å². The molecular formula is C21H22ClN5O3S. The third-order valence-corrected chi connectivity index (χ3v) is 6.29. The predicted octanol–water partition coefficient (Wildman–Crippen LogP) is 2.97. The molecule has 1 aromatic heterocycles. The number of hydrogen-bond donors (Lipinski definition) is 2. The Balaban J connectivity index is 1.71. The molecule has 0 unspecified atom stereocenters. The van der Waals surface area contributed by atoms with Crippen LogP contribution in [0.4, 0.5) is 0 Å². The molecule has 2 heterocycles. The Morgan fingerprint density at radius 1 is 1.00 bits per heavy atom. The monoisotopic (exact) mass is 459 g/mol. The Hall–Kier alpha value is -2.72. The summed E-state index contributed by atoms with van der Waals surface area (Å²) in [5.74, 6) is -0.294. The van der Waals surface area contributed by atoms with Crippen molar-refractivity contribution in [2.24, 2.45) is 5.14 Å². The summed E-state index contributed by atoms with van der Waals surface area (Å²) in [5, 5.41) is 12.2. The lowest BCUT2D eigenvalue weighted by atomic mass is 10.1. The van der Waals surface area contributed by atoms with E-state index in [9.17, 15) is 13.2 Å². The topological polar surface area (TPSA) is 110 Å². The summed E-state index contributed by atoms with van der Waals surface area (Å²) in [6, 6.07) is 14.9. The molecule has 3 aromatic rings. The maximum absolute atomic E-state index is 12.8. The molecule has 1 saturated heterocycles. The molecule has 0 atom stereocenters. The van der Waals surface area contributed by atoms with Gasteiger partial charge >= 0.3 is 0 Å². The molecular weight excluding hydrogens is 438 g/mol. The van der Waals surface area contributed by atoms with Crippen LogP contribution in [0.3, 0.4) is 0 Å². The van der Waals surface area contributed by atoms with Crippen LogP contribution in [0, 0.1) is 0 Å². The summed E-state index contributed by atoms with van der Waals surface area (Å²) in [6.07, 6.45) is 3.25. The fourth-order valence-corrected chi connectivity index (χ4v) is 4.14. The highest BCUT2D eigenvalue weighted by atomic mass is 35.5. The summed E-state index contributed by atoms with van der Waals surface area (Å²) in [5.41, 5.74) is 5.25. The van der Waals surface area contributed by atoms with Crippen LogP contribution in [-0.2, 0) is 10.0 Å². The van der Waals surface area contributed by atoms with Crippen molar-refractivity contribution >= 4 is 27.5 Å². The van der Waals surface area contributed by atoms with Crippen LogP contribution in [0.25, 0.3) is 16.9 Å². The Morgan fingerprint density at radius 2 is 1.65 bits per heavy atom. The van der Waals surface area contributed by atoms with Crippen molar-refractivity contribution in [3.8, 4) is 16.9 Å². The Kier molecular flexibility index (Phi) is 6.10. The highest BCUT2D eigenvalue weighted by molar-refractivity contribution is 7.89. The summed E-state index contributed by atoms with van der Waals surface area (Å²) in [7, 11) is -3.81. The molecule has 3 N–H and O–H groups in total. The molecule has 0 aliphatic carbocycles. The normalized spacial score (nSPS) is 15.0. The highest BCUT2D eigenvalue weighted by Crippen LogP contribution is 2.26. The number of nitrogens with two attached hydrogens (primary N) is 1. The van der Waals surface area contributed by atoms with Gasteiger partial charge in [0.1, 0.15) is 0 Å². The lowest BCUT2D eigenvalue weighted by Crippen LogP contribution is -2.45. The van der Waals surface area contributed by atoms with Gasteiger partial charge in [-0.05, 0) is 55.3 Å². The van der Waals surface area contributed by atoms with Crippen LogP contribution in [-0.4, -0.2) is 42.2 Å². The molecule has 2 aromatic carbocycles. The van der Waals surface area contributed by atoms with Gasteiger partial charge in [-0.15, -0.1) is 0 Å². The number of rotatable bonds is 5. The van der Waals surface area contributed by atoms with Gasteiger partial charge in [0.25, 0.3) is 5.91 Å². The smallest absolute Gasteiger partial charge is 0.283 e. The van der Waals surface area contributed by atoms with Crippen molar-refractivity contribution < 1.29 is 13.2 Å². The van der Waals surface area contributed by atoms with Crippen LogP contribution in [0.15, 0.2) is 59.5 Å². The van der Waals surface area contributed by atoms with Gasteiger partial charge in [0.05, 0.1) is 16.3 Å². The molecule has 31 heavy (non-hydrogen) atoms. The first-order chi connectivity index (χ1) is 14.8. The Morgan fingerprint density at radius 3 is 2.26 bits per heavy atom. The van der Waals surface area contributed by atoms with Gasteiger partial charge in [-0.1, -0.05) is 30.2 Å². The van der Waals surface area contributed by atoms with Gasteiger partial charge in [-0.25, -0.2) is 23.2 Å². The van der Waals surface area contributed by atoms with Gasteiger partial charge in [0, 0.05) is 23.7 Å². The van der Waals surface area contributed by atoms with Crippen molar-refractivity contribution in [2.45, 2.75) is 24.2 Å². The van der Waals surface area contributed by atoms with Crippen LogP contribution in [0.1, 0.15) is 29.8 Å². The lowest BCUT2D eigenvalue weighted by Gasteiger charge is -2.26. The molecule has 4 rings (SSSR count). The van der Waals surface area contributed by atoms with Crippen molar-refractivity contribution in [3.05, 3.63) is 65.3 Å². The van der Waals surface area contributed by atoms with E-state index in [0.717, 1.165) is 37.9 Å². The third-order valence-electron chi connectivity index (χ3n) is 5.11. The van der Waals surface area contributed by atoms with E-state index in [2.05, 4.69) is 10.5 Å². The minimum absolute atomic E-state index is 0.000450. The average molecular weight is 460 g/mol. The van der Waals surface area contributed by atoms with Gasteiger partial charge in [-0.2, -0.15) is 5.10 Å². The van der Waals surface area contributed by atoms with Crippen molar-refractivity contribution in [3.63, 3.8) is 0 Å². The van der Waals surface area contributed by atoms with Crippen LogP contribution >= 0.6 is 11.6 Å². The molecule has 1 fully saturated rings. The number of carbonyl (C=O) groups is 1. The zero-order valence-electron chi connectivity index (χ0n) is 16.7. The number of primary sulfonamides is 1. The number of hydrogen-bond acceptors (Lipinski definition) is 5. The summed E-state index contributed by atoms with van der Waals surface area (Å²) in [6.45, 7) is 1.62. The quantitative estimate of drug-likeness (QED) is 0.609. The number of aromatic nitrogens is 2. The van der Waals surface area contributed by atoms with E-state index < -0.39 is 10.0 Å². The minimum Gasteiger partial charge on any atom is -0.283 e. The van der Waals surface area contributed by atoms with Crippen molar-refractivity contribution in [2.75, 3.05) is 13.1 Å². The summed E-state index contributed by atoms with van der Waals surface area (Å²) in [4.78, 5) is 12.8. The molecule has 0 spiro atoms. The highest BCUT2D eigenvalue weighted by Gasteiger charge is 2.20. The molecule has 1 amide bonds. The number of nitrogens with zero attached hydrogens (tertiary/aromatic N) is 3. The molecule has 0 bridgehead atoms. The number of nitrogens with one attached hydrogen (secondary N) is 1. The summed E-state index contributed by atoms with van der Waals surface area (Å²) < 4.78 is 24.7. The molecule has 8 nitrogen and oxygen atoms in total. The third kappa shape index (κ3) is 4.96. The first kappa shape index (κ1) is 21.5. The predicted molar refractivity (Wildman–Crippen MR) is 118 cm³/mol. The molecule has 10 heteroatoms. The van der Waals surface area contributed by atoms with Gasteiger partial charge < -0.3 is 0 Å². The molecule has 162 valence electrons. The van der Waals surface area contributed by atoms with Crippen LogP contribution in [0.5, 0.6) is 0 Å². The molecule has 0 saturated carbocycles. The lowest BCUT2D eigenvalue weighted by molar-refractivity contribution is 0.0744. The van der Waals surface area contributed by atoms with E-state index in [1.54, 1.807) is 35.0 Å². The number of halogens is 1. The van der Waals surface area contributed by atoms with E-state index in [0.29, 0.717) is 16.4 Å².